The fraction of sp³-hybridized carbons (Fsp3) is 0.273. The van der Waals surface area contributed by atoms with Gasteiger partial charge in [-0.05, 0) is 43.0 Å². The van der Waals surface area contributed by atoms with Crippen molar-refractivity contribution in [2.45, 2.75) is 39.7 Å². The van der Waals surface area contributed by atoms with E-state index in [9.17, 15) is 10.1 Å². The number of carbonyl (C=O) groups is 1. The van der Waals surface area contributed by atoms with Crippen LogP contribution in [0.2, 0.25) is 0 Å². The SMILES string of the molecule is CCCCc1ccc(NC(=O)/C(C#N)=C\NCc2ccc(C)cc2)cc1. The Bertz CT molecular complexity index is 784. The molecule has 0 atom stereocenters. The van der Waals surface area contributed by atoms with E-state index in [1.165, 1.54) is 17.3 Å². The Morgan fingerprint density at radius 2 is 1.73 bits per heavy atom. The van der Waals surface area contributed by atoms with Gasteiger partial charge in [0.1, 0.15) is 11.6 Å². The monoisotopic (exact) mass is 347 g/mol. The number of hydrogen-bond donors (Lipinski definition) is 2. The van der Waals surface area contributed by atoms with Gasteiger partial charge in [-0.15, -0.1) is 0 Å². The second-order valence-corrected chi connectivity index (χ2v) is 6.29. The number of nitriles is 1. The average molecular weight is 347 g/mol. The zero-order valence-electron chi connectivity index (χ0n) is 15.4. The Kier molecular flexibility index (Phi) is 7.45. The van der Waals surface area contributed by atoms with Crippen molar-refractivity contribution in [3.8, 4) is 6.07 Å². The lowest BCUT2D eigenvalue weighted by Gasteiger charge is -2.07. The molecule has 0 saturated carbocycles. The molecule has 0 aromatic heterocycles. The third-order valence-electron chi connectivity index (χ3n) is 4.07. The van der Waals surface area contributed by atoms with E-state index in [4.69, 9.17) is 0 Å². The van der Waals surface area contributed by atoms with Crippen molar-refractivity contribution in [2.75, 3.05) is 5.32 Å². The molecule has 2 aromatic carbocycles. The van der Waals surface area contributed by atoms with Crippen LogP contribution in [0.1, 0.15) is 36.5 Å². The van der Waals surface area contributed by atoms with Crippen LogP contribution in [0.5, 0.6) is 0 Å². The lowest BCUT2D eigenvalue weighted by atomic mass is 10.1. The zero-order valence-corrected chi connectivity index (χ0v) is 15.4. The molecule has 0 unspecified atom stereocenters. The lowest BCUT2D eigenvalue weighted by molar-refractivity contribution is -0.112. The molecule has 0 aliphatic rings. The van der Waals surface area contributed by atoms with Gasteiger partial charge >= 0.3 is 0 Å². The smallest absolute Gasteiger partial charge is 0.267 e. The van der Waals surface area contributed by atoms with Crippen molar-refractivity contribution in [3.05, 3.63) is 77.0 Å². The van der Waals surface area contributed by atoms with Crippen molar-refractivity contribution in [2.24, 2.45) is 0 Å². The molecule has 0 aliphatic heterocycles. The van der Waals surface area contributed by atoms with Gasteiger partial charge in [-0.25, -0.2) is 0 Å². The standard InChI is InChI=1S/C22H25N3O/c1-3-4-5-18-10-12-21(13-11-18)25-22(26)20(14-23)16-24-15-19-8-6-17(2)7-9-19/h6-13,16,24H,3-5,15H2,1-2H3,(H,25,26)/b20-16-. The summed E-state index contributed by atoms with van der Waals surface area (Å²) in [5, 5.41) is 15.0. The number of rotatable bonds is 8. The molecule has 0 saturated heterocycles. The van der Waals surface area contributed by atoms with Gasteiger partial charge < -0.3 is 10.6 Å². The van der Waals surface area contributed by atoms with Crippen LogP contribution < -0.4 is 10.6 Å². The minimum atomic E-state index is -0.412. The molecule has 0 bridgehead atoms. The number of nitrogens with zero attached hydrogens (tertiary/aromatic N) is 1. The van der Waals surface area contributed by atoms with E-state index in [2.05, 4.69) is 17.6 Å². The van der Waals surface area contributed by atoms with Crippen LogP contribution in [0.15, 0.2) is 60.3 Å². The third-order valence-corrected chi connectivity index (χ3v) is 4.07. The van der Waals surface area contributed by atoms with E-state index in [0.29, 0.717) is 12.2 Å². The van der Waals surface area contributed by atoms with E-state index in [0.717, 1.165) is 24.8 Å². The van der Waals surface area contributed by atoms with Crippen LogP contribution in [0.3, 0.4) is 0 Å². The number of hydrogen-bond acceptors (Lipinski definition) is 3. The van der Waals surface area contributed by atoms with E-state index in [1.54, 1.807) is 0 Å². The number of anilines is 1. The first-order valence-electron chi connectivity index (χ1n) is 8.92. The van der Waals surface area contributed by atoms with E-state index < -0.39 is 5.91 Å². The summed E-state index contributed by atoms with van der Waals surface area (Å²) in [7, 11) is 0. The number of nitrogens with one attached hydrogen (secondary N) is 2. The highest BCUT2D eigenvalue weighted by Crippen LogP contribution is 2.12. The van der Waals surface area contributed by atoms with Crippen LogP contribution in [0, 0.1) is 18.3 Å². The largest absolute Gasteiger partial charge is 0.386 e. The molecule has 0 heterocycles. The van der Waals surface area contributed by atoms with Crippen LogP contribution in [-0.2, 0) is 17.8 Å². The van der Waals surface area contributed by atoms with Gasteiger partial charge in [-0.2, -0.15) is 5.26 Å². The van der Waals surface area contributed by atoms with Crippen molar-refractivity contribution in [3.63, 3.8) is 0 Å². The summed E-state index contributed by atoms with van der Waals surface area (Å²) >= 11 is 0. The quantitative estimate of drug-likeness (QED) is 0.547. The molecule has 26 heavy (non-hydrogen) atoms. The number of benzene rings is 2. The van der Waals surface area contributed by atoms with Gasteiger partial charge in [0.25, 0.3) is 5.91 Å². The van der Waals surface area contributed by atoms with E-state index in [-0.39, 0.29) is 5.57 Å². The number of amides is 1. The van der Waals surface area contributed by atoms with Gasteiger partial charge in [-0.3, -0.25) is 4.79 Å². The first-order chi connectivity index (χ1) is 12.6. The predicted octanol–water partition coefficient (Wildman–Crippen LogP) is 4.47. The minimum absolute atomic E-state index is 0.0483. The highest BCUT2D eigenvalue weighted by atomic mass is 16.1. The maximum absolute atomic E-state index is 12.2. The summed E-state index contributed by atoms with van der Waals surface area (Å²) in [5.41, 5.74) is 4.28. The topological polar surface area (TPSA) is 64.9 Å². The van der Waals surface area contributed by atoms with Crippen molar-refractivity contribution < 1.29 is 4.79 Å². The highest BCUT2D eigenvalue weighted by Gasteiger charge is 2.09. The van der Waals surface area contributed by atoms with Crippen LogP contribution in [-0.4, -0.2) is 5.91 Å². The van der Waals surface area contributed by atoms with Gasteiger partial charge in [0.15, 0.2) is 0 Å². The van der Waals surface area contributed by atoms with Crippen molar-refractivity contribution in [1.29, 1.82) is 5.26 Å². The second kappa shape index (κ2) is 10.0. The Labute approximate surface area is 155 Å². The third kappa shape index (κ3) is 6.10. The molecule has 134 valence electrons. The van der Waals surface area contributed by atoms with Crippen molar-refractivity contribution >= 4 is 11.6 Å². The molecule has 2 aromatic rings. The fourth-order valence-electron chi connectivity index (χ4n) is 2.46. The van der Waals surface area contributed by atoms with Crippen molar-refractivity contribution in [1.82, 2.24) is 5.32 Å². The predicted molar refractivity (Wildman–Crippen MR) is 105 cm³/mol. The summed E-state index contributed by atoms with van der Waals surface area (Å²) in [6.07, 6.45) is 4.81. The molecule has 0 aliphatic carbocycles. The lowest BCUT2D eigenvalue weighted by Crippen LogP contribution is -2.16. The summed E-state index contributed by atoms with van der Waals surface area (Å²) in [6, 6.07) is 17.8. The van der Waals surface area contributed by atoms with E-state index >= 15 is 0 Å². The maximum Gasteiger partial charge on any atom is 0.267 e. The van der Waals surface area contributed by atoms with Crippen LogP contribution in [0.25, 0.3) is 0 Å². The summed E-state index contributed by atoms with van der Waals surface area (Å²) < 4.78 is 0. The maximum atomic E-state index is 12.2. The molecule has 1 amide bonds. The molecular formula is C22H25N3O. The molecule has 0 spiro atoms. The van der Waals surface area contributed by atoms with Crippen LogP contribution in [0.4, 0.5) is 5.69 Å². The molecule has 0 fully saturated rings. The number of carbonyl (C=O) groups excluding carboxylic acids is 1. The molecule has 2 rings (SSSR count). The van der Waals surface area contributed by atoms with Gasteiger partial charge in [0, 0.05) is 18.4 Å². The average Bonchev–Trinajstić information content (AvgIpc) is 2.66. The molecule has 0 radical (unpaired) electrons. The molecule has 4 nitrogen and oxygen atoms in total. The second-order valence-electron chi connectivity index (χ2n) is 6.29. The van der Waals surface area contributed by atoms with Gasteiger partial charge in [0.05, 0.1) is 0 Å². The first-order valence-corrected chi connectivity index (χ1v) is 8.92. The number of unbranched alkanes of at least 4 members (excludes halogenated alkanes) is 1. The minimum Gasteiger partial charge on any atom is -0.386 e. The first kappa shape index (κ1) is 19.3. The van der Waals surface area contributed by atoms with Gasteiger partial charge in [-0.1, -0.05) is 55.3 Å². The molecule has 2 N–H and O–H groups in total. The highest BCUT2D eigenvalue weighted by molar-refractivity contribution is 6.06. The Morgan fingerprint density at radius 1 is 1.08 bits per heavy atom. The summed E-state index contributed by atoms with van der Waals surface area (Å²) in [4.78, 5) is 12.2. The molecular weight excluding hydrogens is 322 g/mol. The van der Waals surface area contributed by atoms with Crippen LogP contribution >= 0.6 is 0 Å². The number of aryl methyl sites for hydroxylation is 2. The Hall–Kier alpha value is -3.06. The molecule has 4 heteroatoms. The van der Waals surface area contributed by atoms with Gasteiger partial charge in [0.2, 0.25) is 0 Å². The normalized spacial score (nSPS) is 10.9. The summed E-state index contributed by atoms with van der Waals surface area (Å²) in [6.45, 7) is 4.76. The Balaban J connectivity index is 1.90. The van der Waals surface area contributed by atoms with E-state index in [1.807, 2.05) is 61.5 Å². The zero-order chi connectivity index (χ0) is 18.8. The summed E-state index contributed by atoms with van der Waals surface area (Å²) in [5.74, 6) is -0.412. The Morgan fingerprint density at radius 3 is 2.35 bits per heavy atom. The fourth-order valence-corrected chi connectivity index (χ4v) is 2.46.